The summed E-state index contributed by atoms with van der Waals surface area (Å²) in [6, 6.07) is 11.8. The summed E-state index contributed by atoms with van der Waals surface area (Å²) in [6.07, 6.45) is 0.969. The molecule has 18 heavy (non-hydrogen) atoms. The minimum absolute atomic E-state index is 0.629. The van der Waals surface area contributed by atoms with E-state index >= 15 is 0 Å². The van der Waals surface area contributed by atoms with Gasteiger partial charge in [0.2, 0.25) is 0 Å². The molecular weight excluding hydrogens is 228 g/mol. The van der Waals surface area contributed by atoms with Crippen LogP contribution in [0.2, 0.25) is 0 Å². The highest BCUT2D eigenvalue weighted by Gasteiger charge is 2.03. The molecule has 0 bridgehead atoms. The summed E-state index contributed by atoms with van der Waals surface area (Å²) in [5.74, 6) is 0.718. The van der Waals surface area contributed by atoms with Crippen LogP contribution in [0, 0.1) is 0 Å². The molecule has 0 fully saturated rings. The monoisotopic (exact) mass is 240 g/mol. The maximum Gasteiger partial charge on any atom is 0.200 e. The molecule has 3 aromatic rings. The van der Waals surface area contributed by atoms with Crippen LogP contribution in [0.3, 0.4) is 0 Å². The maximum atomic E-state index is 4.28. The van der Waals surface area contributed by atoms with E-state index in [9.17, 15) is 0 Å². The Morgan fingerprint density at radius 1 is 1.17 bits per heavy atom. The van der Waals surface area contributed by atoms with E-state index in [4.69, 9.17) is 0 Å². The highest BCUT2D eigenvalue weighted by Crippen LogP contribution is 2.19. The number of tetrazole rings is 1. The minimum Gasteiger partial charge on any atom is -0.339 e. The fourth-order valence-corrected chi connectivity index (χ4v) is 1.80. The Hall–Kier alpha value is -2.50. The first-order valence-corrected chi connectivity index (χ1v) is 5.77. The molecule has 0 saturated heterocycles. The van der Waals surface area contributed by atoms with Crippen LogP contribution in [0.25, 0.3) is 5.65 Å². The van der Waals surface area contributed by atoms with Gasteiger partial charge in [-0.1, -0.05) is 25.1 Å². The van der Waals surface area contributed by atoms with Crippen molar-refractivity contribution < 1.29 is 0 Å². The number of para-hydroxylation sites is 1. The van der Waals surface area contributed by atoms with E-state index in [1.165, 1.54) is 10.2 Å². The van der Waals surface area contributed by atoms with Crippen molar-refractivity contribution in [3.63, 3.8) is 0 Å². The van der Waals surface area contributed by atoms with Crippen molar-refractivity contribution in [2.45, 2.75) is 13.3 Å². The lowest BCUT2D eigenvalue weighted by atomic mass is 10.1. The van der Waals surface area contributed by atoms with Crippen LogP contribution < -0.4 is 5.32 Å². The van der Waals surface area contributed by atoms with Crippen molar-refractivity contribution in [3.05, 3.63) is 42.0 Å². The van der Waals surface area contributed by atoms with Gasteiger partial charge < -0.3 is 5.32 Å². The number of anilines is 2. The number of fused-ring (bicyclic) bond motifs is 1. The zero-order valence-corrected chi connectivity index (χ0v) is 9.91. The van der Waals surface area contributed by atoms with Crippen molar-refractivity contribution >= 4 is 17.2 Å². The zero-order valence-electron chi connectivity index (χ0n) is 9.91. The number of hydrogen-bond acceptors (Lipinski definition) is 5. The van der Waals surface area contributed by atoms with Gasteiger partial charge in [-0.3, -0.25) is 0 Å². The fraction of sp³-hybridized carbons (Fsp3) is 0.167. The van der Waals surface area contributed by atoms with Gasteiger partial charge in [-0.15, -0.1) is 14.8 Å². The molecule has 6 heteroatoms. The van der Waals surface area contributed by atoms with Crippen molar-refractivity contribution in [1.82, 2.24) is 25.3 Å². The molecule has 0 spiro atoms. The summed E-state index contributed by atoms with van der Waals surface area (Å²) in [5, 5.41) is 18.7. The van der Waals surface area contributed by atoms with Gasteiger partial charge in [-0.2, -0.15) is 0 Å². The average Bonchev–Trinajstić information content (AvgIpc) is 2.87. The lowest BCUT2D eigenvalue weighted by molar-refractivity contribution is 0.736. The zero-order chi connectivity index (χ0) is 12.4. The molecular formula is C12H12N6. The topological polar surface area (TPSA) is 68.0 Å². The second kappa shape index (κ2) is 4.40. The first kappa shape index (κ1) is 10.6. The number of hydrogen-bond donors (Lipinski definition) is 1. The van der Waals surface area contributed by atoms with E-state index in [1.54, 1.807) is 0 Å². The van der Waals surface area contributed by atoms with Gasteiger partial charge >= 0.3 is 0 Å². The van der Waals surface area contributed by atoms with Gasteiger partial charge in [0.1, 0.15) is 0 Å². The third kappa shape index (κ3) is 1.88. The van der Waals surface area contributed by atoms with Gasteiger partial charge in [-0.05, 0) is 40.6 Å². The largest absolute Gasteiger partial charge is 0.339 e. The van der Waals surface area contributed by atoms with Crippen LogP contribution in [0.5, 0.6) is 0 Å². The van der Waals surface area contributed by atoms with E-state index in [0.717, 1.165) is 17.9 Å². The third-order valence-electron chi connectivity index (χ3n) is 2.73. The first-order valence-electron chi connectivity index (χ1n) is 5.77. The van der Waals surface area contributed by atoms with Crippen LogP contribution in [-0.2, 0) is 6.42 Å². The Morgan fingerprint density at radius 2 is 2.06 bits per heavy atom. The average molecular weight is 240 g/mol. The maximum absolute atomic E-state index is 4.28. The summed E-state index contributed by atoms with van der Waals surface area (Å²) in [7, 11) is 0. The summed E-state index contributed by atoms with van der Waals surface area (Å²) < 4.78 is 1.40. The van der Waals surface area contributed by atoms with Crippen LogP contribution >= 0.6 is 0 Å². The molecule has 0 aliphatic heterocycles. The highest BCUT2D eigenvalue weighted by atomic mass is 15.6. The predicted molar refractivity (Wildman–Crippen MR) is 67.7 cm³/mol. The molecule has 0 atom stereocenters. The molecule has 1 N–H and O–H groups in total. The van der Waals surface area contributed by atoms with E-state index in [1.807, 2.05) is 30.3 Å². The molecule has 6 nitrogen and oxygen atoms in total. The third-order valence-corrected chi connectivity index (χ3v) is 2.73. The summed E-state index contributed by atoms with van der Waals surface area (Å²) in [6.45, 7) is 2.12. The summed E-state index contributed by atoms with van der Waals surface area (Å²) in [4.78, 5) is 0. The van der Waals surface area contributed by atoms with Crippen LogP contribution in [0.15, 0.2) is 36.4 Å². The summed E-state index contributed by atoms with van der Waals surface area (Å²) in [5.41, 5.74) is 2.93. The molecule has 0 saturated carbocycles. The van der Waals surface area contributed by atoms with Gasteiger partial charge in [0.25, 0.3) is 0 Å². The molecule has 2 heterocycles. The lowest BCUT2D eigenvalue weighted by Crippen LogP contribution is -2.01. The van der Waals surface area contributed by atoms with E-state index in [0.29, 0.717) is 5.65 Å². The van der Waals surface area contributed by atoms with Crippen LogP contribution in [-0.4, -0.2) is 25.3 Å². The number of aromatic nitrogens is 5. The highest BCUT2D eigenvalue weighted by molar-refractivity contribution is 5.60. The van der Waals surface area contributed by atoms with Gasteiger partial charge in [-0.25, -0.2) is 0 Å². The quantitative estimate of drug-likeness (QED) is 0.756. The second-order valence-corrected chi connectivity index (χ2v) is 3.88. The van der Waals surface area contributed by atoms with Gasteiger partial charge in [0.15, 0.2) is 11.5 Å². The Balaban J connectivity index is 1.95. The minimum atomic E-state index is 0.629. The van der Waals surface area contributed by atoms with E-state index in [2.05, 4.69) is 38.9 Å². The number of nitrogens with zero attached hydrogens (tertiary/aromatic N) is 5. The van der Waals surface area contributed by atoms with Crippen LogP contribution in [0.4, 0.5) is 11.5 Å². The molecule has 2 aromatic heterocycles. The predicted octanol–water partition coefficient (Wildman–Crippen LogP) is 1.83. The molecule has 0 unspecified atom stereocenters. The molecule has 0 radical (unpaired) electrons. The Bertz CT molecular complexity index is 675. The molecule has 0 amide bonds. The molecule has 1 aromatic carbocycles. The second-order valence-electron chi connectivity index (χ2n) is 3.88. The SMILES string of the molecule is CCc1ccccc1Nc1ccc2nnnn2n1. The van der Waals surface area contributed by atoms with Crippen molar-refractivity contribution in [3.8, 4) is 0 Å². The van der Waals surface area contributed by atoms with Crippen molar-refractivity contribution in [2.75, 3.05) is 5.32 Å². The van der Waals surface area contributed by atoms with Crippen LogP contribution in [0.1, 0.15) is 12.5 Å². The Kier molecular flexibility index (Phi) is 2.60. The molecule has 90 valence electrons. The smallest absolute Gasteiger partial charge is 0.200 e. The number of benzene rings is 1. The molecule has 0 aliphatic carbocycles. The van der Waals surface area contributed by atoms with Crippen molar-refractivity contribution in [2.24, 2.45) is 0 Å². The summed E-state index contributed by atoms with van der Waals surface area (Å²) >= 11 is 0. The normalized spacial score (nSPS) is 10.7. The Labute approximate surface area is 104 Å². The molecule has 0 aliphatic rings. The molecule has 3 rings (SSSR count). The number of nitrogens with one attached hydrogen (secondary N) is 1. The number of aryl methyl sites for hydroxylation is 1. The van der Waals surface area contributed by atoms with Crippen molar-refractivity contribution in [1.29, 1.82) is 0 Å². The fourth-order valence-electron chi connectivity index (χ4n) is 1.80. The lowest BCUT2D eigenvalue weighted by Gasteiger charge is -2.09. The van der Waals surface area contributed by atoms with E-state index in [-0.39, 0.29) is 0 Å². The van der Waals surface area contributed by atoms with E-state index < -0.39 is 0 Å². The number of rotatable bonds is 3. The first-order chi connectivity index (χ1) is 8.86. The Morgan fingerprint density at radius 3 is 2.94 bits per heavy atom. The standard InChI is InChI=1S/C12H12N6/c1-2-9-5-3-4-6-10(9)13-11-7-8-12-14-16-17-18(12)15-11/h3-8H,2H2,1H3,(H,13,15). The van der Waals surface area contributed by atoms with Gasteiger partial charge in [0.05, 0.1) is 0 Å². The van der Waals surface area contributed by atoms with Gasteiger partial charge in [0, 0.05) is 5.69 Å².